The monoisotopic (exact) mass is 334 g/mol. The molecular formula is C12H15IO3. The predicted octanol–water partition coefficient (Wildman–Crippen LogP) is 1.77. The lowest BCUT2D eigenvalue weighted by Gasteiger charge is -2.19. The van der Waals surface area contributed by atoms with Crippen molar-refractivity contribution >= 4 is 22.6 Å². The number of hydrogen-bond donors (Lipinski definition) is 1. The molecule has 1 aromatic carbocycles. The molecule has 3 nitrogen and oxygen atoms in total. The molecule has 0 spiro atoms. The van der Waals surface area contributed by atoms with E-state index in [1.165, 1.54) is 0 Å². The summed E-state index contributed by atoms with van der Waals surface area (Å²) in [6.45, 7) is 0.909. The number of benzene rings is 1. The maximum absolute atomic E-state index is 9.72. The van der Waals surface area contributed by atoms with Gasteiger partial charge in [0.15, 0.2) is 0 Å². The molecule has 1 heterocycles. The molecule has 0 amide bonds. The summed E-state index contributed by atoms with van der Waals surface area (Å²) >= 11 is 2.25. The summed E-state index contributed by atoms with van der Waals surface area (Å²) in [6.07, 6.45) is -0.681. The average Bonchev–Trinajstić information content (AvgIpc) is 2.69. The van der Waals surface area contributed by atoms with Crippen molar-refractivity contribution in [3.8, 4) is 0 Å². The van der Waals surface area contributed by atoms with Gasteiger partial charge in [-0.3, -0.25) is 0 Å². The third-order valence-electron chi connectivity index (χ3n) is 2.66. The van der Waals surface area contributed by atoms with E-state index in [0.717, 1.165) is 9.99 Å². The van der Waals surface area contributed by atoms with Gasteiger partial charge in [-0.25, -0.2) is 0 Å². The Morgan fingerprint density at radius 1 is 1.38 bits per heavy atom. The minimum Gasteiger partial charge on any atom is -0.388 e. The Balaban J connectivity index is 1.89. The van der Waals surface area contributed by atoms with E-state index in [9.17, 15) is 5.11 Å². The van der Waals surface area contributed by atoms with Gasteiger partial charge in [0.1, 0.15) is 12.2 Å². The normalized spacial score (nSPS) is 29.5. The lowest BCUT2D eigenvalue weighted by atomic mass is 10.1. The van der Waals surface area contributed by atoms with Crippen molar-refractivity contribution in [2.24, 2.45) is 0 Å². The topological polar surface area (TPSA) is 38.7 Å². The molecule has 1 aliphatic heterocycles. The molecule has 0 radical (unpaired) electrons. The minimum atomic E-state index is -0.497. The van der Waals surface area contributed by atoms with E-state index in [0.29, 0.717) is 13.2 Å². The van der Waals surface area contributed by atoms with Gasteiger partial charge in [-0.2, -0.15) is 0 Å². The number of halogens is 1. The number of ether oxygens (including phenoxy) is 2. The van der Waals surface area contributed by atoms with E-state index in [2.05, 4.69) is 22.6 Å². The fraction of sp³-hybridized carbons (Fsp3) is 0.500. The molecule has 1 saturated heterocycles. The number of rotatable bonds is 4. The molecule has 0 aromatic heterocycles. The van der Waals surface area contributed by atoms with Crippen molar-refractivity contribution in [1.29, 1.82) is 0 Å². The summed E-state index contributed by atoms with van der Waals surface area (Å²) < 4.78 is 12.0. The van der Waals surface area contributed by atoms with Crippen LogP contribution in [0.25, 0.3) is 0 Å². The molecule has 0 saturated carbocycles. The smallest absolute Gasteiger partial charge is 0.113 e. The van der Waals surface area contributed by atoms with Crippen LogP contribution in [-0.4, -0.2) is 34.5 Å². The van der Waals surface area contributed by atoms with Crippen LogP contribution in [0.2, 0.25) is 0 Å². The third kappa shape index (κ3) is 2.94. The number of aliphatic hydroxyl groups excluding tert-OH is 1. The quantitative estimate of drug-likeness (QED) is 0.674. The second kappa shape index (κ2) is 5.95. The molecule has 4 heteroatoms. The van der Waals surface area contributed by atoms with Gasteiger partial charge >= 0.3 is 0 Å². The van der Waals surface area contributed by atoms with Crippen molar-refractivity contribution in [2.75, 3.05) is 11.0 Å². The zero-order chi connectivity index (χ0) is 11.4. The number of aliphatic hydroxyl groups is 1. The maximum atomic E-state index is 9.72. The highest BCUT2D eigenvalue weighted by atomic mass is 127. The first-order valence-electron chi connectivity index (χ1n) is 5.32. The van der Waals surface area contributed by atoms with Crippen molar-refractivity contribution < 1.29 is 14.6 Å². The third-order valence-corrected chi connectivity index (χ3v) is 3.53. The molecule has 1 aromatic rings. The van der Waals surface area contributed by atoms with Crippen molar-refractivity contribution in [3.05, 3.63) is 35.9 Å². The van der Waals surface area contributed by atoms with Crippen LogP contribution in [0.3, 0.4) is 0 Å². The number of hydrogen-bond acceptors (Lipinski definition) is 3. The maximum Gasteiger partial charge on any atom is 0.113 e. The van der Waals surface area contributed by atoms with Gasteiger partial charge in [0.25, 0.3) is 0 Å². The fourth-order valence-corrected chi connectivity index (χ4v) is 2.53. The van der Waals surface area contributed by atoms with Crippen LogP contribution < -0.4 is 0 Å². The predicted molar refractivity (Wildman–Crippen MR) is 69.7 cm³/mol. The van der Waals surface area contributed by atoms with E-state index in [1.807, 2.05) is 30.3 Å². The van der Waals surface area contributed by atoms with Gasteiger partial charge in [-0.05, 0) is 5.56 Å². The van der Waals surface area contributed by atoms with Gasteiger partial charge in [0.05, 0.1) is 19.3 Å². The Bertz CT molecular complexity index is 317. The van der Waals surface area contributed by atoms with Gasteiger partial charge in [-0.1, -0.05) is 52.9 Å². The molecular weight excluding hydrogens is 319 g/mol. The standard InChI is InChI=1S/C12H15IO3/c13-6-11-12(10(14)8-15-11)16-7-9-4-2-1-3-5-9/h1-5,10-12,14H,6-8H2/t10-,11-,12+/m1/s1. The molecule has 16 heavy (non-hydrogen) atoms. The minimum absolute atomic E-state index is 0.0133. The Morgan fingerprint density at radius 3 is 2.81 bits per heavy atom. The lowest BCUT2D eigenvalue weighted by molar-refractivity contribution is -0.0388. The largest absolute Gasteiger partial charge is 0.388 e. The molecule has 88 valence electrons. The summed E-state index contributed by atoms with van der Waals surface area (Å²) in [5.41, 5.74) is 1.12. The first-order chi connectivity index (χ1) is 7.81. The van der Waals surface area contributed by atoms with E-state index in [-0.39, 0.29) is 12.2 Å². The molecule has 3 atom stereocenters. The van der Waals surface area contributed by atoms with Crippen LogP contribution >= 0.6 is 22.6 Å². The van der Waals surface area contributed by atoms with Crippen LogP contribution in [0.15, 0.2) is 30.3 Å². The van der Waals surface area contributed by atoms with Crippen molar-refractivity contribution in [3.63, 3.8) is 0 Å². The van der Waals surface area contributed by atoms with Gasteiger partial charge in [0, 0.05) is 4.43 Å². The zero-order valence-corrected chi connectivity index (χ0v) is 11.0. The van der Waals surface area contributed by atoms with Crippen LogP contribution in [0, 0.1) is 0 Å². The number of alkyl halides is 1. The summed E-state index contributed by atoms with van der Waals surface area (Å²) in [4.78, 5) is 0. The van der Waals surface area contributed by atoms with Crippen LogP contribution in [0.5, 0.6) is 0 Å². The van der Waals surface area contributed by atoms with Crippen LogP contribution in [0.1, 0.15) is 5.56 Å². The average molecular weight is 334 g/mol. The summed E-state index contributed by atoms with van der Waals surface area (Å²) in [7, 11) is 0. The zero-order valence-electron chi connectivity index (χ0n) is 8.88. The second-order valence-electron chi connectivity index (χ2n) is 3.85. The highest BCUT2D eigenvalue weighted by Crippen LogP contribution is 2.21. The summed E-state index contributed by atoms with van der Waals surface area (Å²) in [5, 5.41) is 9.72. The van der Waals surface area contributed by atoms with Crippen molar-refractivity contribution in [1.82, 2.24) is 0 Å². The van der Waals surface area contributed by atoms with Gasteiger partial charge in [0.2, 0.25) is 0 Å². The first kappa shape index (κ1) is 12.3. The first-order valence-corrected chi connectivity index (χ1v) is 6.85. The highest BCUT2D eigenvalue weighted by molar-refractivity contribution is 14.1. The van der Waals surface area contributed by atoms with E-state index >= 15 is 0 Å². The van der Waals surface area contributed by atoms with Gasteiger partial charge < -0.3 is 14.6 Å². The molecule has 0 aliphatic carbocycles. The molecule has 1 aliphatic rings. The molecule has 2 rings (SSSR count). The van der Waals surface area contributed by atoms with E-state index < -0.39 is 6.10 Å². The molecule has 1 N–H and O–H groups in total. The molecule has 0 bridgehead atoms. The van der Waals surface area contributed by atoms with Crippen LogP contribution in [0.4, 0.5) is 0 Å². The van der Waals surface area contributed by atoms with Crippen LogP contribution in [-0.2, 0) is 16.1 Å². The van der Waals surface area contributed by atoms with Gasteiger partial charge in [-0.15, -0.1) is 0 Å². The SMILES string of the molecule is O[C@@H]1CO[C@H](CI)[C@H]1OCc1ccccc1. The summed E-state index contributed by atoms with van der Waals surface area (Å²) in [5.74, 6) is 0. The Morgan fingerprint density at radius 2 is 2.12 bits per heavy atom. The highest BCUT2D eigenvalue weighted by Gasteiger charge is 2.36. The summed E-state index contributed by atoms with van der Waals surface area (Å²) in [6, 6.07) is 9.97. The van der Waals surface area contributed by atoms with E-state index in [1.54, 1.807) is 0 Å². The fourth-order valence-electron chi connectivity index (χ4n) is 1.78. The van der Waals surface area contributed by atoms with Crippen molar-refractivity contribution in [2.45, 2.75) is 24.9 Å². The second-order valence-corrected chi connectivity index (χ2v) is 4.74. The Kier molecular flexibility index (Phi) is 4.57. The van der Waals surface area contributed by atoms with E-state index in [4.69, 9.17) is 9.47 Å². The molecule has 0 unspecified atom stereocenters. The Hall–Kier alpha value is -0.170. The Labute approximate surface area is 109 Å². The molecule has 1 fully saturated rings. The lowest BCUT2D eigenvalue weighted by Crippen LogP contribution is -2.33.